The first-order valence-corrected chi connectivity index (χ1v) is 11.5. The normalized spacial score (nSPS) is 10.6. The summed E-state index contributed by atoms with van der Waals surface area (Å²) in [6.45, 7) is 2.55. The Morgan fingerprint density at radius 1 is 0.939 bits per heavy atom. The van der Waals surface area contributed by atoms with E-state index in [2.05, 4.69) is 15.5 Å². The van der Waals surface area contributed by atoms with Crippen LogP contribution in [0.2, 0.25) is 0 Å². The van der Waals surface area contributed by atoms with Crippen LogP contribution in [0.5, 0.6) is 11.5 Å². The van der Waals surface area contributed by atoms with Crippen molar-refractivity contribution in [1.29, 1.82) is 0 Å². The quantitative estimate of drug-likeness (QED) is 0.351. The third-order valence-electron chi connectivity index (χ3n) is 4.78. The molecule has 1 amide bonds. The largest absolute Gasteiger partial charge is 0.497 e. The van der Waals surface area contributed by atoms with Gasteiger partial charge in [0.25, 0.3) is 0 Å². The Morgan fingerprint density at radius 3 is 2.30 bits per heavy atom. The Morgan fingerprint density at radius 2 is 1.64 bits per heavy atom. The third kappa shape index (κ3) is 5.53. The van der Waals surface area contributed by atoms with Gasteiger partial charge in [-0.1, -0.05) is 42.1 Å². The van der Waals surface area contributed by atoms with Crippen LogP contribution in [0, 0.1) is 0 Å². The molecule has 0 aliphatic heterocycles. The average Bonchev–Trinajstić information content (AvgIpc) is 3.28. The molecule has 3 aromatic carbocycles. The van der Waals surface area contributed by atoms with Crippen molar-refractivity contribution in [2.24, 2.45) is 0 Å². The summed E-state index contributed by atoms with van der Waals surface area (Å²) in [5.74, 6) is 2.30. The molecule has 0 radical (unpaired) electrons. The Hall–Kier alpha value is -3.78. The summed E-state index contributed by atoms with van der Waals surface area (Å²) in [6.07, 6.45) is 0. The molecule has 1 N–H and O–H groups in total. The van der Waals surface area contributed by atoms with Gasteiger partial charge >= 0.3 is 0 Å². The summed E-state index contributed by atoms with van der Waals surface area (Å²) in [5, 5.41) is 12.3. The summed E-state index contributed by atoms with van der Waals surface area (Å²) >= 11 is 1.33. The summed E-state index contributed by atoms with van der Waals surface area (Å²) in [6, 6.07) is 24.8. The molecule has 168 valence electrons. The number of methoxy groups -OCH3 is 1. The number of anilines is 1. The minimum absolute atomic E-state index is 0.132. The summed E-state index contributed by atoms with van der Waals surface area (Å²) < 4.78 is 12.7. The SMILES string of the molecule is CCOc1ccc(-n2c(SCC(=O)Nc3ccc(OC)cc3)nnc2-c2ccccc2)cc1. The molecule has 0 unspecified atom stereocenters. The van der Waals surface area contributed by atoms with Crippen LogP contribution >= 0.6 is 11.8 Å². The summed E-state index contributed by atoms with van der Waals surface area (Å²) in [5.41, 5.74) is 2.54. The fourth-order valence-electron chi connectivity index (χ4n) is 3.23. The molecule has 4 aromatic rings. The van der Waals surface area contributed by atoms with Gasteiger partial charge in [-0.2, -0.15) is 0 Å². The Labute approximate surface area is 196 Å². The van der Waals surface area contributed by atoms with Crippen molar-refractivity contribution in [3.8, 4) is 28.6 Å². The van der Waals surface area contributed by atoms with E-state index >= 15 is 0 Å². The molecule has 1 aromatic heterocycles. The van der Waals surface area contributed by atoms with Crippen LogP contribution in [0.15, 0.2) is 84.0 Å². The minimum Gasteiger partial charge on any atom is -0.497 e. The second-order valence-corrected chi connectivity index (χ2v) is 7.94. The molecular formula is C25H24N4O3S. The zero-order valence-corrected chi connectivity index (χ0v) is 19.2. The number of nitrogens with one attached hydrogen (secondary N) is 1. The van der Waals surface area contributed by atoms with E-state index in [9.17, 15) is 4.79 Å². The van der Waals surface area contributed by atoms with Gasteiger partial charge in [-0.25, -0.2) is 0 Å². The lowest BCUT2D eigenvalue weighted by molar-refractivity contribution is -0.113. The van der Waals surface area contributed by atoms with Crippen molar-refractivity contribution in [2.45, 2.75) is 12.1 Å². The van der Waals surface area contributed by atoms with Gasteiger partial charge in [0.15, 0.2) is 11.0 Å². The van der Waals surface area contributed by atoms with Crippen molar-refractivity contribution in [3.63, 3.8) is 0 Å². The fourth-order valence-corrected chi connectivity index (χ4v) is 3.98. The summed E-state index contributed by atoms with van der Waals surface area (Å²) in [7, 11) is 1.61. The molecule has 4 rings (SSSR count). The molecule has 0 aliphatic carbocycles. The van der Waals surface area contributed by atoms with E-state index in [1.165, 1.54) is 11.8 Å². The molecule has 0 aliphatic rings. The molecule has 8 heteroatoms. The number of carbonyl (C=O) groups is 1. The van der Waals surface area contributed by atoms with Crippen LogP contribution in [0.3, 0.4) is 0 Å². The van der Waals surface area contributed by atoms with Crippen LogP contribution in [0.25, 0.3) is 17.1 Å². The molecule has 33 heavy (non-hydrogen) atoms. The predicted molar refractivity (Wildman–Crippen MR) is 130 cm³/mol. The van der Waals surface area contributed by atoms with E-state index in [1.54, 1.807) is 31.4 Å². The van der Waals surface area contributed by atoms with Gasteiger partial charge in [-0.05, 0) is 55.5 Å². The van der Waals surface area contributed by atoms with Crippen LogP contribution in [-0.4, -0.2) is 40.1 Å². The number of benzene rings is 3. The van der Waals surface area contributed by atoms with Crippen molar-refractivity contribution in [3.05, 3.63) is 78.9 Å². The van der Waals surface area contributed by atoms with E-state index in [1.807, 2.05) is 66.1 Å². The smallest absolute Gasteiger partial charge is 0.234 e. The second kappa shape index (κ2) is 10.7. The highest BCUT2D eigenvalue weighted by Crippen LogP contribution is 2.29. The van der Waals surface area contributed by atoms with Gasteiger partial charge in [0.1, 0.15) is 11.5 Å². The first-order chi connectivity index (χ1) is 16.2. The number of carbonyl (C=O) groups excluding carboxylic acids is 1. The maximum absolute atomic E-state index is 12.5. The molecule has 0 saturated heterocycles. The lowest BCUT2D eigenvalue weighted by Crippen LogP contribution is -2.14. The zero-order valence-electron chi connectivity index (χ0n) is 18.4. The Balaban J connectivity index is 1.55. The maximum atomic E-state index is 12.5. The fraction of sp³-hybridized carbons (Fsp3) is 0.160. The number of rotatable bonds is 9. The lowest BCUT2D eigenvalue weighted by atomic mass is 10.2. The molecule has 0 spiro atoms. The van der Waals surface area contributed by atoms with Gasteiger partial charge in [-0.3, -0.25) is 9.36 Å². The molecule has 7 nitrogen and oxygen atoms in total. The topological polar surface area (TPSA) is 78.3 Å². The Kier molecular flexibility index (Phi) is 7.26. The van der Waals surface area contributed by atoms with Gasteiger partial charge in [0, 0.05) is 16.9 Å². The predicted octanol–water partition coefficient (Wildman–Crippen LogP) is 5.07. The number of hydrogen-bond acceptors (Lipinski definition) is 6. The Bertz CT molecular complexity index is 1190. The van der Waals surface area contributed by atoms with E-state index < -0.39 is 0 Å². The molecule has 0 fully saturated rings. The van der Waals surface area contributed by atoms with Crippen LogP contribution in [0.1, 0.15) is 6.92 Å². The highest BCUT2D eigenvalue weighted by atomic mass is 32.2. The van der Waals surface area contributed by atoms with E-state index in [4.69, 9.17) is 9.47 Å². The monoisotopic (exact) mass is 460 g/mol. The van der Waals surface area contributed by atoms with E-state index in [0.29, 0.717) is 23.3 Å². The molecule has 0 atom stereocenters. The summed E-state index contributed by atoms with van der Waals surface area (Å²) in [4.78, 5) is 12.5. The van der Waals surface area contributed by atoms with E-state index in [0.717, 1.165) is 22.7 Å². The molecule has 1 heterocycles. The van der Waals surface area contributed by atoms with Crippen LogP contribution < -0.4 is 14.8 Å². The zero-order chi connectivity index (χ0) is 23.0. The van der Waals surface area contributed by atoms with Crippen molar-refractivity contribution in [2.75, 3.05) is 24.8 Å². The van der Waals surface area contributed by atoms with Crippen molar-refractivity contribution < 1.29 is 14.3 Å². The molecule has 0 saturated carbocycles. The van der Waals surface area contributed by atoms with Gasteiger partial charge in [0.2, 0.25) is 5.91 Å². The number of nitrogens with zero attached hydrogens (tertiary/aromatic N) is 3. The second-order valence-electron chi connectivity index (χ2n) is 7.00. The van der Waals surface area contributed by atoms with Gasteiger partial charge in [0.05, 0.1) is 19.5 Å². The maximum Gasteiger partial charge on any atom is 0.234 e. The first-order valence-electron chi connectivity index (χ1n) is 10.5. The van der Waals surface area contributed by atoms with E-state index in [-0.39, 0.29) is 11.7 Å². The number of ether oxygens (including phenoxy) is 2. The molecule has 0 bridgehead atoms. The van der Waals surface area contributed by atoms with Crippen molar-refractivity contribution >= 4 is 23.4 Å². The standard InChI is InChI=1S/C25H24N4O3S/c1-3-32-22-15-11-20(12-16-22)29-24(18-7-5-4-6-8-18)27-28-25(29)33-17-23(30)26-19-9-13-21(31-2)14-10-19/h4-16H,3,17H2,1-2H3,(H,26,30). The average molecular weight is 461 g/mol. The lowest BCUT2D eigenvalue weighted by Gasteiger charge is -2.12. The van der Waals surface area contributed by atoms with Crippen LogP contribution in [-0.2, 0) is 4.79 Å². The van der Waals surface area contributed by atoms with Crippen LogP contribution in [0.4, 0.5) is 5.69 Å². The number of aromatic nitrogens is 3. The first kappa shape index (κ1) is 22.4. The minimum atomic E-state index is -0.132. The highest BCUT2D eigenvalue weighted by molar-refractivity contribution is 7.99. The number of hydrogen-bond donors (Lipinski definition) is 1. The highest BCUT2D eigenvalue weighted by Gasteiger charge is 2.17. The van der Waals surface area contributed by atoms with Gasteiger partial charge in [-0.15, -0.1) is 10.2 Å². The number of amides is 1. The molecular weight excluding hydrogens is 436 g/mol. The van der Waals surface area contributed by atoms with Gasteiger partial charge < -0.3 is 14.8 Å². The number of thioether (sulfide) groups is 1. The van der Waals surface area contributed by atoms with Crippen molar-refractivity contribution in [1.82, 2.24) is 14.8 Å². The third-order valence-corrected chi connectivity index (χ3v) is 5.71.